The van der Waals surface area contributed by atoms with Gasteiger partial charge in [-0.1, -0.05) is 12.1 Å². The van der Waals surface area contributed by atoms with Gasteiger partial charge in [0.1, 0.15) is 0 Å². The van der Waals surface area contributed by atoms with Gasteiger partial charge >= 0.3 is 0 Å². The number of benzene rings is 2. The monoisotopic (exact) mass is 520 g/mol. The fourth-order valence-corrected chi connectivity index (χ4v) is 8.72. The standard InChI is InChI=1S/C25H32N2O6S2/c1-16-12-26(13-17(2)32-16)34(28,29)22-5-7-24-20(10-22)9-21-11-23(6-8-25(21)24)35(30,31)27-14-18(3)33-19(4)15-27/h5-8,10-11,16-19H,9,12-15H2,1-4H3/t16-,17+,18-,19+. The van der Waals surface area contributed by atoms with Crippen molar-refractivity contribution >= 4 is 20.0 Å². The highest BCUT2D eigenvalue weighted by Gasteiger charge is 2.35. The Morgan fingerprint density at radius 3 is 1.31 bits per heavy atom. The molecule has 0 aromatic heterocycles. The van der Waals surface area contributed by atoms with Gasteiger partial charge in [-0.3, -0.25) is 0 Å². The lowest BCUT2D eigenvalue weighted by atomic mass is 10.1. The molecule has 2 fully saturated rings. The van der Waals surface area contributed by atoms with E-state index >= 15 is 0 Å². The van der Waals surface area contributed by atoms with Crippen molar-refractivity contribution in [2.75, 3.05) is 26.2 Å². The zero-order chi connectivity index (χ0) is 25.1. The average Bonchev–Trinajstić information content (AvgIpc) is 3.15. The van der Waals surface area contributed by atoms with Crippen molar-refractivity contribution in [1.82, 2.24) is 8.61 Å². The van der Waals surface area contributed by atoms with Gasteiger partial charge in [-0.2, -0.15) is 8.61 Å². The van der Waals surface area contributed by atoms with Crippen LogP contribution in [-0.4, -0.2) is 76.0 Å². The zero-order valence-corrected chi connectivity index (χ0v) is 22.1. The van der Waals surface area contributed by atoms with Gasteiger partial charge < -0.3 is 9.47 Å². The van der Waals surface area contributed by atoms with Crippen molar-refractivity contribution in [3.05, 3.63) is 47.5 Å². The summed E-state index contributed by atoms with van der Waals surface area (Å²) in [6, 6.07) is 10.4. The van der Waals surface area contributed by atoms with Gasteiger partial charge in [0.05, 0.1) is 34.2 Å². The molecule has 2 heterocycles. The number of morpholine rings is 2. The summed E-state index contributed by atoms with van der Waals surface area (Å²) in [7, 11) is -7.31. The average molecular weight is 521 g/mol. The summed E-state index contributed by atoms with van der Waals surface area (Å²) in [5.74, 6) is 0. The summed E-state index contributed by atoms with van der Waals surface area (Å²) in [6.07, 6.45) is -0.159. The summed E-state index contributed by atoms with van der Waals surface area (Å²) >= 11 is 0. The van der Waals surface area contributed by atoms with Gasteiger partial charge in [0.2, 0.25) is 20.0 Å². The SMILES string of the molecule is C[C@@H]1CN(S(=O)(=O)c2ccc3c(c2)Cc2cc(S(=O)(=O)N4C[C@@H](C)O[C@@H](C)C4)ccc2-3)C[C@H](C)O1. The highest BCUT2D eigenvalue weighted by atomic mass is 32.2. The van der Waals surface area contributed by atoms with Crippen LogP contribution in [0, 0.1) is 0 Å². The van der Waals surface area contributed by atoms with E-state index in [-0.39, 0.29) is 34.2 Å². The molecule has 4 atom stereocenters. The Kier molecular flexibility index (Phi) is 6.34. The normalized spacial score (nSPS) is 28.0. The maximum absolute atomic E-state index is 13.3. The first-order valence-electron chi connectivity index (χ1n) is 12.0. The second-order valence-corrected chi connectivity index (χ2v) is 13.8. The topological polar surface area (TPSA) is 93.2 Å². The summed E-state index contributed by atoms with van der Waals surface area (Å²) < 4.78 is 67.7. The Bertz CT molecular complexity index is 1230. The molecule has 2 aliphatic heterocycles. The van der Waals surface area contributed by atoms with Crippen molar-refractivity contribution in [2.24, 2.45) is 0 Å². The van der Waals surface area contributed by atoms with Crippen LogP contribution in [0.2, 0.25) is 0 Å². The van der Waals surface area contributed by atoms with Crippen molar-refractivity contribution < 1.29 is 26.3 Å². The molecule has 0 amide bonds. The predicted molar refractivity (Wildman–Crippen MR) is 132 cm³/mol. The van der Waals surface area contributed by atoms with E-state index < -0.39 is 20.0 Å². The van der Waals surface area contributed by atoms with Gasteiger partial charge in [-0.05, 0) is 80.6 Å². The van der Waals surface area contributed by atoms with Gasteiger partial charge in [0, 0.05) is 26.2 Å². The molecule has 0 radical (unpaired) electrons. The summed E-state index contributed by atoms with van der Waals surface area (Å²) in [5.41, 5.74) is 3.66. The molecule has 10 heteroatoms. The maximum atomic E-state index is 13.3. The second-order valence-electron chi connectivity index (χ2n) is 9.97. The van der Waals surface area contributed by atoms with Crippen LogP contribution in [0.15, 0.2) is 46.2 Å². The first-order valence-corrected chi connectivity index (χ1v) is 14.9. The van der Waals surface area contributed by atoms with Gasteiger partial charge in [0.15, 0.2) is 0 Å². The molecule has 0 unspecified atom stereocenters. The highest BCUT2D eigenvalue weighted by Crippen LogP contribution is 2.39. The number of rotatable bonds is 4. The van der Waals surface area contributed by atoms with Crippen LogP contribution in [0.4, 0.5) is 0 Å². The molecule has 190 valence electrons. The lowest BCUT2D eigenvalue weighted by molar-refractivity contribution is -0.0442. The smallest absolute Gasteiger partial charge is 0.243 e. The van der Waals surface area contributed by atoms with Crippen LogP contribution >= 0.6 is 0 Å². The van der Waals surface area contributed by atoms with Crippen LogP contribution in [0.1, 0.15) is 38.8 Å². The minimum Gasteiger partial charge on any atom is -0.373 e. The van der Waals surface area contributed by atoms with E-state index in [2.05, 4.69) is 0 Å². The molecule has 2 saturated heterocycles. The Morgan fingerprint density at radius 1 is 0.629 bits per heavy atom. The second kappa shape index (κ2) is 8.93. The third kappa shape index (κ3) is 4.56. The molecule has 0 saturated carbocycles. The van der Waals surface area contributed by atoms with E-state index in [9.17, 15) is 16.8 Å². The molecule has 0 N–H and O–H groups in total. The Balaban J connectivity index is 1.42. The van der Waals surface area contributed by atoms with Crippen molar-refractivity contribution in [3.8, 4) is 11.1 Å². The lowest BCUT2D eigenvalue weighted by Crippen LogP contribution is -2.48. The quantitative estimate of drug-likeness (QED) is 0.525. The van der Waals surface area contributed by atoms with E-state index in [0.29, 0.717) is 32.6 Å². The number of nitrogens with zero attached hydrogens (tertiary/aromatic N) is 2. The molecule has 0 bridgehead atoms. The van der Waals surface area contributed by atoms with E-state index in [1.54, 1.807) is 24.3 Å². The Labute approximate surface area is 207 Å². The number of sulfonamides is 2. The summed E-state index contributed by atoms with van der Waals surface area (Å²) in [6.45, 7) is 8.80. The number of ether oxygens (including phenoxy) is 2. The molecule has 1 aliphatic carbocycles. The maximum Gasteiger partial charge on any atom is 0.243 e. The summed E-state index contributed by atoms with van der Waals surface area (Å²) in [4.78, 5) is 0.518. The largest absolute Gasteiger partial charge is 0.373 e. The first-order chi connectivity index (χ1) is 16.4. The first kappa shape index (κ1) is 24.9. The van der Waals surface area contributed by atoms with E-state index in [1.807, 2.05) is 39.8 Å². The predicted octanol–water partition coefficient (Wildman–Crippen LogP) is 2.85. The highest BCUT2D eigenvalue weighted by molar-refractivity contribution is 7.89. The molecular weight excluding hydrogens is 488 g/mol. The minimum absolute atomic E-state index is 0.162. The van der Waals surface area contributed by atoms with Gasteiger partial charge in [0.25, 0.3) is 0 Å². The molecule has 3 aliphatic rings. The van der Waals surface area contributed by atoms with Crippen LogP contribution in [-0.2, 0) is 35.9 Å². The molecule has 5 rings (SSSR count). The Hall–Kier alpha value is -1.82. The van der Waals surface area contributed by atoms with Crippen molar-refractivity contribution in [2.45, 2.75) is 68.3 Å². The molecular formula is C25H32N2O6S2. The van der Waals surface area contributed by atoms with E-state index in [4.69, 9.17) is 9.47 Å². The van der Waals surface area contributed by atoms with E-state index in [0.717, 1.165) is 22.3 Å². The van der Waals surface area contributed by atoms with Crippen LogP contribution in [0.3, 0.4) is 0 Å². The number of fused-ring (bicyclic) bond motifs is 3. The number of hydrogen-bond donors (Lipinski definition) is 0. The molecule has 35 heavy (non-hydrogen) atoms. The van der Waals surface area contributed by atoms with Crippen LogP contribution < -0.4 is 0 Å². The molecule has 8 nitrogen and oxygen atoms in total. The molecule has 2 aromatic rings. The van der Waals surface area contributed by atoms with E-state index in [1.165, 1.54) is 8.61 Å². The lowest BCUT2D eigenvalue weighted by Gasteiger charge is -2.34. The number of hydrogen-bond acceptors (Lipinski definition) is 6. The van der Waals surface area contributed by atoms with Crippen molar-refractivity contribution in [3.63, 3.8) is 0 Å². The van der Waals surface area contributed by atoms with Crippen LogP contribution in [0.5, 0.6) is 0 Å². The zero-order valence-electron chi connectivity index (χ0n) is 20.5. The van der Waals surface area contributed by atoms with Gasteiger partial charge in [-0.15, -0.1) is 0 Å². The summed E-state index contributed by atoms with van der Waals surface area (Å²) in [5, 5.41) is 0. The molecule has 2 aromatic carbocycles. The van der Waals surface area contributed by atoms with Crippen molar-refractivity contribution in [1.29, 1.82) is 0 Å². The fraction of sp³-hybridized carbons (Fsp3) is 0.520. The molecule has 0 spiro atoms. The van der Waals surface area contributed by atoms with Crippen LogP contribution in [0.25, 0.3) is 11.1 Å². The van der Waals surface area contributed by atoms with Gasteiger partial charge in [-0.25, -0.2) is 16.8 Å². The Morgan fingerprint density at radius 2 is 0.971 bits per heavy atom. The third-order valence-corrected chi connectivity index (χ3v) is 10.5. The minimum atomic E-state index is -3.65. The fourth-order valence-electron chi connectivity index (χ4n) is 5.44. The third-order valence-electron chi connectivity index (χ3n) is 6.87.